The summed E-state index contributed by atoms with van der Waals surface area (Å²) in [6, 6.07) is 2.87. The highest BCUT2D eigenvalue weighted by Gasteiger charge is 2.09. The van der Waals surface area contributed by atoms with Gasteiger partial charge in [0.25, 0.3) is 0 Å². The molecule has 0 saturated carbocycles. The number of hydrogen-bond acceptors (Lipinski definition) is 4. The average molecular weight is 164 g/mol. The van der Waals surface area contributed by atoms with Crippen molar-refractivity contribution in [2.75, 3.05) is 0 Å². The first-order valence-corrected chi connectivity index (χ1v) is 3.02. The average Bonchev–Trinajstić information content (AvgIpc) is 2.05. The Labute approximate surface area is 67.4 Å². The van der Waals surface area contributed by atoms with Crippen LogP contribution in [0.2, 0.25) is 0 Å². The van der Waals surface area contributed by atoms with Crippen molar-refractivity contribution in [3.8, 4) is 0 Å². The predicted molar refractivity (Wildman–Crippen MR) is 39.0 cm³/mol. The minimum absolute atomic E-state index is 0.0139. The van der Waals surface area contributed by atoms with Gasteiger partial charge in [0.1, 0.15) is 5.69 Å². The van der Waals surface area contributed by atoms with Crippen molar-refractivity contribution in [1.82, 2.24) is 4.98 Å². The zero-order valence-corrected chi connectivity index (χ0v) is 5.89. The molecule has 0 aliphatic carbocycles. The first kappa shape index (κ1) is 8.10. The maximum Gasteiger partial charge on any atom is 0.356 e. The highest BCUT2D eigenvalue weighted by molar-refractivity contribution is 5.91. The van der Waals surface area contributed by atoms with Crippen LogP contribution in [0.5, 0.6) is 0 Å². The fourth-order valence-electron chi connectivity index (χ4n) is 0.701. The molecule has 1 heterocycles. The highest BCUT2D eigenvalue weighted by atomic mass is 16.4. The molecule has 0 radical (unpaired) electrons. The second-order valence-corrected chi connectivity index (χ2v) is 1.88. The molecule has 5 nitrogen and oxygen atoms in total. The van der Waals surface area contributed by atoms with E-state index in [0.717, 1.165) is 0 Å². The van der Waals surface area contributed by atoms with Crippen LogP contribution in [0, 0.1) is 0 Å². The Hall–Kier alpha value is -2.00. The molecule has 1 N–H and O–H groups in total. The predicted octanol–water partition coefficient (Wildman–Crippen LogP) is 0.747. The van der Waals surface area contributed by atoms with Crippen LogP contribution < -0.4 is 0 Å². The molecule has 5 heteroatoms. The monoisotopic (exact) mass is 164 g/mol. The number of hydrogen-bond donors (Lipinski definition) is 1. The maximum absolute atomic E-state index is 10.4. The van der Waals surface area contributed by atoms with Crippen LogP contribution in [-0.2, 0) is 4.79 Å². The van der Waals surface area contributed by atoms with Crippen molar-refractivity contribution in [1.29, 1.82) is 0 Å². The standard InChI is InChI=1S/C7H4N2O3/c10-4-9-5-2-1-3-8-6(5)7(11)12/h1-3H,(H,11,12). The highest BCUT2D eigenvalue weighted by Crippen LogP contribution is 2.14. The van der Waals surface area contributed by atoms with E-state index in [1.807, 2.05) is 0 Å². The number of carbonyl (C=O) groups excluding carboxylic acids is 1. The Bertz CT molecular complexity index is 334. The van der Waals surface area contributed by atoms with Crippen molar-refractivity contribution in [2.24, 2.45) is 4.99 Å². The number of isocyanates is 1. The number of aromatic nitrogens is 1. The van der Waals surface area contributed by atoms with Crippen LogP contribution in [0.4, 0.5) is 5.69 Å². The summed E-state index contributed by atoms with van der Waals surface area (Å²) in [7, 11) is 0. The lowest BCUT2D eigenvalue weighted by atomic mass is 10.3. The van der Waals surface area contributed by atoms with Gasteiger partial charge in [-0.15, -0.1) is 0 Å². The summed E-state index contributed by atoms with van der Waals surface area (Å²) < 4.78 is 0. The summed E-state index contributed by atoms with van der Waals surface area (Å²) >= 11 is 0. The van der Waals surface area contributed by atoms with Crippen LogP contribution in [0.3, 0.4) is 0 Å². The molecule has 0 saturated heterocycles. The third-order valence-electron chi connectivity index (χ3n) is 1.16. The Morgan fingerprint density at radius 2 is 2.42 bits per heavy atom. The van der Waals surface area contributed by atoms with E-state index in [4.69, 9.17) is 5.11 Å². The lowest BCUT2D eigenvalue weighted by molar-refractivity contribution is 0.0691. The minimum Gasteiger partial charge on any atom is -0.476 e. The van der Waals surface area contributed by atoms with Gasteiger partial charge in [0.05, 0.1) is 0 Å². The fourth-order valence-corrected chi connectivity index (χ4v) is 0.701. The van der Waals surface area contributed by atoms with Gasteiger partial charge in [-0.1, -0.05) is 0 Å². The van der Waals surface area contributed by atoms with E-state index in [0.29, 0.717) is 0 Å². The van der Waals surface area contributed by atoms with Gasteiger partial charge >= 0.3 is 5.97 Å². The van der Waals surface area contributed by atoms with Gasteiger partial charge < -0.3 is 5.11 Å². The van der Waals surface area contributed by atoms with E-state index < -0.39 is 5.97 Å². The molecule has 1 rings (SSSR count). The maximum atomic E-state index is 10.4. The smallest absolute Gasteiger partial charge is 0.356 e. The molecular weight excluding hydrogens is 160 g/mol. The second kappa shape index (κ2) is 3.41. The number of carbonyl (C=O) groups is 1. The summed E-state index contributed by atoms with van der Waals surface area (Å²) in [6.45, 7) is 0. The molecule has 12 heavy (non-hydrogen) atoms. The Morgan fingerprint density at radius 1 is 1.67 bits per heavy atom. The molecule has 0 fully saturated rings. The summed E-state index contributed by atoms with van der Waals surface area (Å²) in [5, 5.41) is 8.54. The van der Waals surface area contributed by atoms with Crippen molar-refractivity contribution >= 4 is 17.7 Å². The molecule has 0 aliphatic rings. The third-order valence-corrected chi connectivity index (χ3v) is 1.16. The molecule has 60 valence electrons. The van der Waals surface area contributed by atoms with Crippen LogP contribution in [0.15, 0.2) is 23.3 Å². The van der Waals surface area contributed by atoms with Crippen LogP contribution in [0.1, 0.15) is 10.5 Å². The first-order valence-electron chi connectivity index (χ1n) is 3.02. The van der Waals surface area contributed by atoms with Crippen molar-refractivity contribution in [3.05, 3.63) is 24.0 Å². The molecule has 0 unspecified atom stereocenters. The number of carboxylic acid groups (broad SMARTS) is 1. The van der Waals surface area contributed by atoms with Crippen molar-refractivity contribution < 1.29 is 14.7 Å². The van der Waals surface area contributed by atoms with Gasteiger partial charge in [0, 0.05) is 6.20 Å². The zero-order chi connectivity index (χ0) is 8.97. The molecule has 1 aromatic rings. The number of aromatic carboxylic acids is 1. The summed E-state index contributed by atoms with van der Waals surface area (Å²) in [5.74, 6) is -1.22. The lowest BCUT2D eigenvalue weighted by Gasteiger charge is -1.94. The van der Waals surface area contributed by atoms with E-state index in [1.165, 1.54) is 24.4 Å². The molecule has 0 bridgehead atoms. The van der Waals surface area contributed by atoms with Crippen molar-refractivity contribution in [2.45, 2.75) is 0 Å². The Balaban J connectivity index is 3.26. The first-order chi connectivity index (χ1) is 5.75. The largest absolute Gasteiger partial charge is 0.476 e. The number of nitrogens with zero attached hydrogens (tertiary/aromatic N) is 2. The summed E-state index contributed by atoms with van der Waals surface area (Å²) in [4.78, 5) is 27.0. The molecule has 0 spiro atoms. The minimum atomic E-state index is -1.22. The number of rotatable bonds is 2. The Morgan fingerprint density at radius 3 is 3.00 bits per heavy atom. The van der Waals surface area contributed by atoms with Gasteiger partial charge in [-0.3, -0.25) is 0 Å². The third kappa shape index (κ3) is 1.53. The topological polar surface area (TPSA) is 79.6 Å². The molecular formula is C7H4N2O3. The fraction of sp³-hybridized carbons (Fsp3) is 0. The SMILES string of the molecule is O=C=Nc1cccnc1C(=O)O. The summed E-state index contributed by atoms with van der Waals surface area (Å²) in [5.41, 5.74) is -0.235. The number of aliphatic imine (C=N–C) groups is 1. The van der Waals surface area contributed by atoms with Crippen LogP contribution >= 0.6 is 0 Å². The van der Waals surface area contributed by atoms with Gasteiger partial charge in [-0.25, -0.2) is 14.6 Å². The molecule has 0 aliphatic heterocycles. The van der Waals surface area contributed by atoms with Gasteiger partial charge in [-0.05, 0) is 12.1 Å². The van der Waals surface area contributed by atoms with Crippen molar-refractivity contribution in [3.63, 3.8) is 0 Å². The number of pyridine rings is 1. The van der Waals surface area contributed by atoms with E-state index in [-0.39, 0.29) is 11.4 Å². The van der Waals surface area contributed by atoms with Crippen LogP contribution in [-0.4, -0.2) is 22.1 Å². The normalized spacial score (nSPS) is 8.67. The van der Waals surface area contributed by atoms with Gasteiger partial charge in [0.15, 0.2) is 5.69 Å². The van der Waals surface area contributed by atoms with E-state index >= 15 is 0 Å². The van der Waals surface area contributed by atoms with E-state index in [2.05, 4.69) is 9.98 Å². The van der Waals surface area contributed by atoms with E-state index in [9.17, 15) is 9.59 Å². The molecule has 1 aromatic heterocycles. The quantitative estimate of drug-likeness (QED) is 0.516. The second-order valence-electron chi connectivity index (χ2n) is 1.88. The van der Waals surface area contributed by atoms with Crippen LogP contribution in [0.25, 0.3) is 0 Å². The molecule has 0 aromatic carbocycles. The Kier molecular flexibility index (Phi) is 2.30. The lowest BCUT2D eigenvalue weighted by Crippen LogP contribution is -1.99. The summed E-state index contributed by atoms with van der Waals surface area (Å²) in [6.07, 6.45) is 2.56. The molecule has 0 atom stereocenters. The van der Waals surface area contributed by atoms with Gasteiger partial charge in [-0.2, -0.15) is 4.99 Å². The zero-order valence-electron chi connectivity index (χ0n) is 5.89. The van der Waals surface area contributed by atoms with E-state index in [1.54, 1.807) is 0 Å². The molecule has 0 amide bonds. The number of carboxylic acids is 1. The van der Waals surface area contributed by atoms with Gasteiger partial charge in [0.2, 0.25) is 6.08 Å².